The largest absolute Gasteiger partial charge is 0.496 e. The molecular weight excluding hydrogens is 376 g/mol. The molecule has 0 aliphatic rings. The van der Waals surface area contributed by atoms with Gasteiger partial charge in [-0.25, -0.2) is 9.97 Å². The number of carbonyl (C=O) groups excluding carboxylic acids is 1. The van der Waals surface area contributed by atoms with Crippen LogP contribution in [-0.2, 0) is 6.42 Å². The Bertz CT molecular complexity index is 961. The molecule has 1 heterocycles. The summed E-state index contributed by atoms with van der Waals surface area (Å²) in [5.74, 6) is 1.61. The summed E-state index contributed by atoms with van der Waals surface area (Å²) in [4.78, 5) is 21.1. The molecule has 0 saturated carbocycles. The maximum absolute atomic E-state index is 12.5. The second-order valence-electron chi connectivity index (χ2n) is 6.14. The Kier molecular flexibility index (Phi) is 6.45. The smallest absolute Gasteiger partial charge is 0.270 e. The van der Waals surface area contributed by atoms with E-state index in [2.05, 4.69) is 20.6 Å². The van der Waals surface area contributed by atoms with Gasteiger partial charge < -0.3 is 15.4 Å². The number of aryl methyl sites for hydroxylation is 1. The highest BCUT2D eigenvalue weighted by molar-refractivity contribution is 6.30. The Labute approximate surface area is 168 Å². The van der Waals surface area contributed by atoms with Crippen molar-refractivity contribution < 1.29 is 9.53 Å². The summed E-state index contributed by atoms with van der Waals surface area (Å²) in [5.41, 5.74) is 2.17. The third-order valence-corrected chi connectivity index (χ3v) is 4.31. The van der Waals surface area contributed by atoms with Gasteiger partial charge in [0.1, 0.15) is 23.1 Å². The predicted octanol–water partition coefficient (Wildman–Crippen LogP) is 4.16. The average Bonchev–Trinajstić information content (AvgIpc) is 2.69. The predicted molar refractivity (Wildman–Crippen MR) is 111 cm³/mol. The molecule has 144 valence electrons. The van der Waals surface area contributed by atoms with Crippen LogP contribution in [0.4, 0.5) is 11.5 Å². The molecule has 1 amide bonds. The van der Waals surface area contributed by atoms with Gasteiger partial charge in [0.15, 0.2) is 0 Å². The van der Waals surface area contributed by atoms with E-state index in [1.807, 2.05) is 36.4 Å². The van der Waals surface area contributed by atoms with E-state index in [4.69, 9.17) is 16.3 Å². The van der Waals surface area contributed by atoms with Crippen LogP contribution in [0, 0.1) is 6.92 Å². The highest BCUT2D eigenvalue weighted by atomic mass is 35.5. The van der Waals surface area contributed by atoms with Crippen LogP contribution in [-0.4, -0.2) is 29.5 Å². The minimum absolute atomic E-state index is 0.250. The lowest BCUT2D eigenvalue weighted by Crippen LogP contribution is -2.27. The number of carbonyl (C=O) groups is 1. The number of aromatic nitrogens is 2. The molecule has 0 aliphatic heterocycles. The standard InChI is InChI=1S/C21H21ClN4O2/c1-14-24-18(13-20(25-14)26-17-9-7-16(22)8-10-17)21(27)23-12-11-15-5-3-4-6-19(15)28-2/h3-10,13H,11-12H2,1-2H3,(H,23,27)(H,24,25,26). The van der Waals surface area contributed by atoms with Crippen LogP contribution in [0.5, 0.6) is 5.75 Å². The number of methoxy groups -OCH3 is 1. The van der Waals surface area contributed by atoms with Crippen LogP contribution in [0.15, 0.2) is 54.6 Å². The summed E-state index contributed by atoms with van der Waals surface area (Å²) in [6.45, 7) is 2.22. The Morgan fingerprint density at radius 1 is 1.11 bits per heavy atom. The van der Waals surface area contributed by atoms with Crippen LogP contribution < -0.4 is 15.4 Å². The van der Waals surface area contributed by atoms with E-state index in [-0.39, 0.29) is 5.91 Å². The SMILES string of the molecule is COc1ccccc1CCNC(=O)c1cc(Nc2ccc(Cl)cc2)nc(C)n1. The van der Waals surface area contributed by atoms with E-state index in [9.17, 15) is 4.79 Å². The van der Waals surface area contributed by atoms with Crippen molar-refractivity contribution in [3.8, 4) is 5.75 Å². The summed E-state index contributed by atoms with van der Waals surface area (Å²) in [6, 6.07) is 16.6. The Morgan fingerprint density at radius 2 is 1.86 bits per heavy atom. The zero-order valence-electron chi connectivity index (χ0n) is 15.7. The van der Waals surface area contributed by atoms with E-state index in [1.165, 1.54) is 0 Å². The number of anilines is 2. The van der Waals surface area contributed by atoms with Gasteiger partial charge in [-0.05, 0) is 49.2 Å². The van der Waals surface area contributed by atoms with Gasteiger partial charge >= 0.3 is 0 Å². The van der Waals surface area contributed by atoms with E-state index >= 15 is 0 Å². The normalized spacial score (nSPS) is 10.4. The number of rotatable bonds is 7. The van der Waals surface area contributed by atoms with E-state index < -0.39 is 0 Å². The van der Waals surface area contributed by atoms with E-state index in [0.717, 1.165) is 17.0 Å². The maximum Gasteiger partial charge on any atom is 0.270 e. The lowest BCUT2D eigenvalue weighted by atomic mass is 10.1. The van der Waals surface area contributed by atoms with Crippen molar-refractivity contribution >= 4 is 29.0 Å². The first-order valence-corrected chi connectivity index (χ1v) is 9.21. The minimum atomic E-state index is -0.250. The summed E-state index contributed by atoms with van der Waals surface area (Å²) < 4.78 is 5.33. The molecule has 3 aromatic rings. The molecule has 0 atom stereocenters. The number of nitrogens with zero attached hydrogens (tertiary/aromatic N) is 2. The van der Waals surface area contributed by atoms with Gasteiger partial charge in [0.25, 0.3) is 5.91 Å². The lowest BCUT2D eigenvalue weighted by molar-refractivity contribution is 0.0948. The lowest BCUT2D eigenvalue weighted by Gasteiger charge is -2.10. The van der Waals surface area contributed by atoms with Gasteiger partial charge in [-0.1, -0.05) is 29.8 Å². The topological polar surface area (TPSA) is 76.1 Å². The van der Waals surface area contributed by atoms with Gasteiger partial charge in [0.2, 0.25) is 0 Å². The molecule has 0 saturated heterocycles. The molecule has 0 spiro atoms. The van der Waals surface area contributed by atoms with Gasteiger partial charge in [-0.3, -0.25) is 4.79 Å². The van der Waals surface area contributed by atoms with Crippen molar-refractivity contribution in [3.05, 3.63) is 76.7 Å². The quantitative estimate of drug-likeness (QED) is 0.627. The summed E-state index contributed by atoms with van der Waals surface area (Å²) in [7, 11) is 1.64. The second-order valence-corrected chi connectivity index (χ2v) is 6.57. The van der Waals surface area contributed by atoms with Gasteiger partial charge in [0.05, 0.1) is 7.11 Å². The van der Waals surface area contributed by atoms with Crippen LogP contribution in [0.25, 0.3) is 0 Å². The second kappa shape index (κ2) is 9.19. The van der Waals surface area contributed by atoms with Crippen LogP contribution in [0.1, 0.15) is 21.9 Å². The number of hydrogen-bond acceptors (Lipinski definition) is 5. The van der Waals surface area contributed by atoms with Crippen molar-refractivity contribution in [2.24, 2.45) is 0 Å². The maximum atomic E-state index is 12.5. The van der Waals surface area contributed by atoms with Crippen molar-refractivity contribution in [2.45, 2.75) is 13.3 Å². The number of amides is 1. The first-order valence-electron chi connectivity index (χ1n) is 8.83. The van der Waals surface area contributed by atoms with Crippen LogP contribution >= 0.6 is 11.6 Å². The van der Waals surface area contributed by atoms with Crippen LogP contribution in [0.2, 0.25) is 5.02 Å². The van der Waals surface area contributed by atoms with Crippen molar-refractivity contribution in [2.75, 3.05) is 19.0 Å². The summed E-state index contributed by atoms with van der Waals surface area (Å²) in [6.07, 6.45) is 0.662. The first kappa shape index (κ1) is 19.6. The Balaban J connectivity index is 1.64. The van der Waals surface area contributed by atoms with Gasteiger partial charge in [-0.2, -0.15) is 0 Å². The van der Waals surface area contributed by atoms with Gasteiger partial charge in [-0.15, -0.1) is 0 Å². The zero-order valence-corrected chi connectivity index (χ0v) is 16.5. The number of nitrogens with one attached hydrogen (secondary N) is 2. The molecule has 6 nitrogen and oxygen atoms in total. The van der Waals surface area contributed by atoms with E-state index in [0.29, 0.717) is 35.3 Å². The molecule has 2 aromatic carbocycles. The third kappa shape index (κ3) is 5.20. The highest BCUT2D eigenvalue weighted by Crippen LogP contribution is 2.19. The highest BCUT2D eigenvalue weighted by Gasteiger charge is 2.11. The molecule has 28 heavy (non-hydrogen) atoms. The molecule has 0 radical (unpaired) electrons. The Morgan fingerprint density at radius 3 is 2.61 bits per heavy atom. The van der Waals surface area contributed by atoms with Crippen LogP contribution in [0.3, 0.4) is 0 Å². The fourth-order valence-corrected chi connectivity index (χ4v) is 2.87. The Hall–Kier alpha value is -3.12. The molecule has 2 N–H and O–H groups in total. The molecule has 1 aromatic heterocycles. The van der Waals surface area contributed by atoms with Crippen molar-refractivity contribution in [3.63, 3.8) is 0 Å². The number of halogens is 1. The minimum Gasteiger partial charge on any atom is -0.496 e. The fourth-order valence-electron chi connectivity index (χ4n) is 2.74. The average molecular weight is 397 g/mol. The summed E-state index contributed by atoms with van der Waals surface area (Å²) in [5, 5.41) is 6.70. The van der Waals surface area contributed by atoms with E-state index in [1.54, 1.807) is 32.2 Å². The molecule has 0 bridgehead atoms. The molecule has 3 rings (SSSR count). The van der Waals surface area contributed by atoms with Gasteiger partial charge in [0, 0.05) is 23.3 Å². The van der Waals surface area contributed by atoms with Crippen molar-refractivity contribution in [1.29, 1.82) is 0 Å². The first-order chi connectivity index (χ1) is 13.5. The fraction of sp³-hybridized carbons (Fsp3) is 0.190. The van der Waals surface area contributed by atoms with Crippen molar-refractivity contribution in [1.82, 2.24) is 15.3 Å². The zero-order chi connectivity index (χ0) is 19.9. The summed E-state index contributed by atoms with van der Waals surface area (Å²) >= 11 is 5.90. The molecule has 0 aliphatic carbocycles. The molecule has 7 heteroatoms. The molecule has 0 unspecified atom stereocenters. The monoisotopic (exact) mass is 396 g/mol. The molecule has 0 fully saturated rings. The number of para-hydroxylation sites is 1. The number of benzene rings is 2. The number of ether oxygens (including phenoxy) is 1. The molecular formula is C21H21ClN4O2. The number of hydrogen-bond donors (Lipinski definition) is 2. The third-order valence-electron chi connectivity index (χ3n) is 4.06.